The first-order valence-corrected chi connectivity index (χ1v) is 9.61. The third-order valence-corrected chi connectivity index (χ3v) is 5.06. The Morgan fingerprint density at radius 1 is 1.23 bits per heavy atom. The molecule has 0 aliphatic rings. The third-order valence-electron chi connectivity index (χ3n) is 4.13. The van der Waals surface area contributed by atoms with Crippen molar-refractivity contribution in [3.63, 3.8) is 0 Å². The van der Waals surface area contributed by atoms with Crippen LogP contribution in [0.5, 0.6) is 0 Å². The zero-order valence-corrected chi connectivity index (χ0v) is 15.2. The van der Waals surface area contributed by atoms with Crippen LogP contribution in [0.2, 0.25) is 0 Å². The second-order valence-corrected chi connectivity index (χ2v) is 7.48. The molecule has 136 valence electrons. The summed E-state index contributed by atoms with van der Waals surface area (Å²) in [6, 6.07) is 11.0. The Balaban J connectivity index is 1.76. The van der Waals surface area contributed by atoms with Gasteiger partial charge in [-0.25, -0.2) is 18.2 Å². The minimum absolute atomic E-state index is 0.0317. The van der Waals surface area contributed by atoms with Crippen molar-refractivity contribution in [2.45, 2.75) is 31.3 Å². The van der Waals surface area contributed by atoms with Crippen LogP contribution in [0.3, 0.4) is 0 Å². The number of carbonyl (C=O) groups is 1. The summed E-state index contributed by atoms with van der Waals surface area (Å²) in [4.78, 5) is 12.5. The quantitative estimate of drug-likeness (QED) is 0.704. The monoisotopic (exact) mass is 373 g/mol. The summed E-state index contributed by atoms with van der Waals surface area (Å²) in [5.41, 5.74) is 2.78. The minimum Gasteiger partial charge on any atom is -0.346 e. The first kappa shape index (κ1) is 18.0. The first-order valence-electron chi connectivity index (χ1n) is 8.06. The average molecular weight is 373 g/mol. The lowest BCUT2D eigenvalue weighted by Gasteiger charge is -2.15. The summed E-state index contributed by atoms with van der Waals surface area (Å²) in [5, 5.41) is 16.1. The molecule has 0 fully saturated rings. The molecule has 1 amide bonds. The zero-order valence-electron chi connectivity index (χ0n) is 14.4. The Hall–Kier alpha value is -2.78. The topological polar surface area (TPSA) is 120 Å². The number of nitrogens with two attached hydrogens (primary N) is 1. The van der Waals surface area contributed by atoms with Crippen molar-refractivity contribution >= 4 is 27.0 Å². The highest BCUT2D eigenvalue weighted by atomic mass is 32.2. The summed E-state index contributed by atoms with van der Waals surface area (Å²) >= 11 is 0. The number of nitrogens with zero attached hydrogens (tertiary/aromatic N) is 3. The molecule has 1 atom stereocenters. The Morgan fingerprint density at radius 2 is 1.92 bits per heavy atom. The van der Waals surface area contributed by atoms with Gasteiger partial charge in [0.15, 0.2) is 0 Å². The van der Waals surface area contributed by atoms with Crippen LogP contribution in [-0.2, 0) is 16.6 Å². The van der Waals surface area contributed by atoms with Crippen molar-refractivity contribution in [3.05, 3.63) is 53.6 Å². The lowest BCUT2D eigenvalue weighted by molar-refractivity contribution is 0.0940. The number of amides is 1. The molecule has 8 nitrogen and oxygen atoms in total. The summed E-state index contributed by atoms with van der Waals surface area (Å²) < 4.78 is 24.4. The molecule has 1 heterocycles. The van der Waals surface area contributed by atoms with Gasteiger partial charge in [0.1, 0.15) is 5.52 Å². The second-order valence-electron chi connectivity index (χ2n) is 5.92. The van der Waals surface area contributed by atoms with E-state index in [9.17, 15) is 13.2 Å². The number of carbonyl (C=O) groups excluding carboxylic acids is 1. The van der Waals surface area contributed by atoms with Crippen molar-refractivity contribution in [1.29, 1.82) is 0 Å². The number of hydrogen-bond acceptors (Lipinski definition) is 5. The van der Waals surface area contributed by atoms with Gasteiger partial charge in [-0.05, 0) is 49.7 Å². The van der Waals surface area contributed by atoms with Crippen LogP contribution in [0, 0.1) is 0 Å². The maximum Gasteiger partial charge on any atom is 0.251 e. The predicted molar refractivity (Wildman–Crippen MR) is 96.9 cm³/mol. The fourth-order valence-corrected chi connectivity index (χ4v) is 3.17. The van der Waals surface area contributed by atoms with Crippen LogP contribution in [0.1, 0.15) is 35.8 Å². The molecule has 0 aliphatic heterocycles. The molecule has 0 saturated carbocycles. The lowest BCUT2D eigenvalue weighted by Crippen LogP contribution is -2.26. The zero-order chi connectivity index (χ0) is 18.9. The molecule has 3 aromatic rings. The maximum atomic E-state index is 12.5. The van der Waals surface area contributed by atoms with E-state index in [0.29, 0.717) is 17.6 Å². The van der Waals surface area contributed by atoms with Gasteiger partial charge in [-0.3, -0.25) is 4.79 Å². The van der Waals surface area contributed by atoms with Gasteiger partial charge in [0.05, 0.1) is 16.5 Å². The number of benzene rings is 2. The number of nitrogens with one attached hydrogen (secondary N) is 1. The molecular weight excluding hydrogens is 354 g/mol. The van der Waals surface area contributed by atoms with E-state index in [1.54, 1.807) is 28.9 Å². The number of sulfonamides is 1. The molecule has 9 heteroatoms. The molecule has 0 bridgehead atoms. The van der Waals surface area contributed by atoms with Gasteiger partial charge in [0.25, 0.3) is 5.91 Å². The van der Waals surface area contributed by atoms with Crippen LogP contribution < -0.4 is 10.5 Å². The Kier molecular flexibility index (Phi) is 4.75. The van der Waals surface area contributed by atoms with E-state index < -0.39 is 10.0 Å². The van der Waals surface area contributed by atoms with Gasteiger partial charge in [-0.15, -0.1) is 5.10 Å². The van der Waals surface area contributed by atoms with Crippen molar-refractivity contribution in [1.82, 2.24) is 20.3 Å². The fraction of sp³-hybridized carbons (Fsp3) is 0.235. The van der Waals surface area contributed by atoms with E-state index in [2.05, 4.69) is 15.6 Å². The number of aromatic nitrogens is 3. The summed E-state index contributed by atoms with van der Waals surface area (Å²) in [7, 11) is -3.73. The van der Waals surface area contributed by atoms with E-state index in [1.807, 2.05) is 19.9 Å². The molecule has 1 aromatic heterocycles. The lowest BCUT2D eigenvalue weighted by atomic mass is 10.1. The van der Waals surface area contributed by atoms with E-state index in [-0.39, 0.29) is 16.8 Å². The van der Waals surface area contributed by atoms with Gasteiger partial charge in [-0.2, -0.15) is 0 Å². The summed E-state index contributed by atoms with van der Waals surface area (Å²) in [5.74, 6) is -0.249. The number of aryl methyl sites for hydroxylation is 1. The third kappa shape index (κ3) is 3.58. The van der Waals surface area contributed by atoms with Crippen LogP contribution in [0.15, 0.2) is 47.4 Å². The minimum atomic E-state index is -3.73. The van der Waals surface area contributed by atoms with Crippen molar-refractivity contribution < 1.29 is 13.2 Å². The van der Waals surface area contributed by atoms with Crippen LogP contribution in [0.25, 0.3) is 11.0 Å². The Bertz CT molecular complexity index is 1060. The molecule has 3 rings (SSSR count). The number of hydrogen-bond donors (Lipinski definition) is 2. The number of fused-ring (bicyclic) bond motifs is 1. The second kappa shape index (κ2) is 6.85. The predicted octanol–water partition coefficient (Wildman–Crippen LogP) is 1.59. The SMILES string of the molecule is CCn1nnc2cc(C(=O)N[C@H](C)c3ccc(S(N)(=O)=O)cc3)ccc21. The normalized spacial score (nSPS) is 12.9. The van der Waals surface area contributed by atoms with Gasteiger partial charge in [-0.1, -0.05) is 17.3 Å². The van der Waals surface area contributed by atoms with E-state index in [0.717, 1.165) is 11.1 Å². The molecule has 0 saturated heterocycles. The van der Waals surface area contributed by atoms with Gasteiger partial charge in [0.2, 0.25) is 10.0 Å². The van der Waals surface area contributed by atoms with E-state index in [1.165, 1.54) is 12.1 Å². The smallest absolute Gasteiger partial charge is 0.251 e. The van der Waals surface area contributed by atoms with Gasteiger partial charge < -0.3 is 5.32 Å². The largest absolute Gasteiger partial charge is 0.346 e. The molecule has 3 N–H and O–H groups in total. The Labute approximate surface area is 151 Å². The first-order chi connectivity index (χ1) is 12.3. The molecule has 0 aliphatic carbocycles. The van der Waals surface area contributed by atoms with E-state index in [4.69, 9.17) is 5.14 Å². The number of rotatable bonds is 5. The summed E-state index contributed by atoms with van der Waals surface area (Å²) in [6.45, 7) is 4.49. The highest BCUT2D eigenvalue weighted by molar-refractivity contribution is 7.89. The summed E-state index contributed by atoms with van der Waals surface area (Å²) in [6.07, 6.45) is 0. The highest BCUT2D eigenvalue weighted by Crippen LogP contribution is 2.18. The molecule has 0 unspecified atom stereocenters. The van der Waals surface area contributed by atoms with Crippen LogP contribution >= 0.6 is 0 Å². The standard InChI is InChI=1S/C17H19N5O3S/c1-3-22-16-9-6-13(10-15(16)20-21-22)17(23)19-11(2)12-4-7-14(8-5-12)26(18,24)25/h4-11H,3H2,1-2H3,(H,19,23)(H2,18,24,25)/t11-/m1/s1. The molecule has 2 aromatic carbocycles. The number of primary sulfonamides is 1. The van der Waals surface area contributed by atoms with E-state index >= 15 is 0 Å². The van der Waals surface area contributed by atoms with Crippen molar-refractivity contribution in [2.24, 2.45) is 5.14 Å². The van der Waals surface area contributed by atoms with Crippen molar-refractivity contribution in [2.75, 3.05) is 0 Å². The average Bonchev–Trinajstić information content (AvgIpc) is 3.03. The van der Waals surface area contributed by atoms with Crippen LogP contribution in [-0.4, -0.2) is 29.3 Å². The molecule has 0 radical (unpaired) electrons. The Morgan fingerprint density at radius 3 is 2.54 bits per heavy atom. The highest BCUT2D eigenvalue weighted by Gasteiger charge is 2.14. The molecular formula is C17H19N5O3S. The van der Waals surface area contributed by atoms with Crippen molar-refractivity contribution in [3.8, 4) is 0 Å². The fourth-order valence-electron chi connectivity index (χ4n) is 2.66. The van der Waals surface area contributed by atoms with Gasteiger partial charge >= 0.3 is 0 Å². The maximum absolute atomic E-state index is 12.5. The molecule has 26 heavy (non-hydrogen) atoms. The van der Waals surface area contributed by atoms with Crippen LogP contribution in [0.4, 0.5) is 0 Å². The molecule has 0 spiro atoms. The van der Waals surface area contributed by atoms with Gasteiger partial charge in [0, 0.05) is 12.1 Å².